The second kappa shape index (κ2) is 8.84. The summed E-state index contributed by atoms with van der Waals surface area (Å²) in [7, 11) is 0. The molecule has 1 aromatic rings. The van der Waals surface area contributed by atoms with Gasteiger partial charge in [0.1, 0.15) is 5.56 Å². The first kappa shape index (κ1) is 17.7. The lowest BCUT2D eigenvalue weighted by Gasteiger charge is -2.20. The Morgan fingerprint density at radius 1 is 1.33 bits per heavy atom. The molecule has 1 rings (SSSR count). The second-order valence-electron chi connectivity index (χ2n) is 4.66. The number of hydrogen-bond acceptors (Lipinski definition) is 7. The van der Waals surface area contributed by atoms with Crippen molar-refractivity contribution < 1.29 is 19.4 Å². The van der Waals surface area contributed by atoms with Crippen molar-refractivity contribution in [3.05, 3.63) is 5.56 Å². The van der Waals surface area contributed by atoms with Crippen LogP contribution in [0.15, 0.2) is 5.16 Å². The van der Waals surface area contributed by atoms with E-state index in [1.165, 1.54) is 6.92 Å². The number of aromatic nitrogens is 2. The maximum atomic E-state index is 11.2. The summed E-state index contributed by atoms with van der Waals surface area (Å²) in [4.78, 5) is 19.0. The molecule has 1 heterocycles. The molecule has 0 aromatic carbocycles. The van der Waals surface area contributed by atoms with Crippen molar-refractivity contribution in [1.82, 2.24) is 9.97 Å². The lowest BCUT2D eigenvalue weighted by molar-refractivity contribution is -0.132. The molecule has 0 bridgehead atoms. The molecule has 1 N–H and O–H groups in total. The summed E-state index contributed by atoms with van der Waals surface area (Å²) in [6.07, 6.45) is 3.02. The standard InChI is InChI=1S/C14H22N2O4S/c1-4-6-8-19-10(7-5-2)11-12(18)15-14(21)16-13(11)20-9(3)17/h10H,4-8H2,1-3H3,(H2,15,16,18,21). The van der Waals surface area contributed by atoms with E-state index in [0.717, 1.165) is 19.3 Å². The maximum absolute atomic E-state index is 11.2. The molecule has 0 amide bonds. The number of hydrogen-bond donors (Lipinski definition) is 2. The molecule has 0 radical (unpaired) electrons. The third-order valence-corrected chi connectivity index (χ3v) is 3.01. The molecule has 0 aliphatic rings. The Morgan fingerprint density at radius 2 is 2.05 bits per heavy atom. The van der Waals surface area contributed by atoms with Crippen LogP contribution in [0, 0.1) is 0 Å². The van der Waals surface area contributed by atoms with Gasteiger partial charge in [-0.25, -0.2) is 0 Å². The van der Waals surface area contributed by atoms with Gasteiger partial charge in [-0.15, -0.1) is 12.6 Å². The van der Waals surface area contributed by atoms with Crippen LogP contribution in [-0.4, -0.2) is 27.7 Å². The van der Waals surface area contributed by atoms with Crippen LogP contribution >= 0.6 is 12.6 Å². The summed E-state index contributed by atoms with van der Waals surface area (Å²) in [5.41, 5.74) is 0.306. The summed E-state index contributed by atoms with van der Waals surface area (Å²) in [6.45, 7) is 5.90. The van der Waals surface area contributed by atoms with E-state index in [1.54, 1.807) is 0 Å². The van der Waals surface area contributed by atoms with Gasteiger partial charge in [-0.05, 0) is 12.8 Å². The Kier molecular flexibility index (Phi) is 7.45. The van der Waals surface area contributed by atoms with Crippen LogP contribution in [0.5, 0.6) is 11.8 Å². The monoisotopic (exact) mass is 314 g/mol. The molecule has 118 valence electrons. The lowest BCUT2D eigenvalue weighted by Crippen LogP contribution is -2.13. The van der Waals surface area contributed by atoms with Gasteiger partial charge in [-0.2, -0.15) is 9.97 Å². The molecule has 0 spiro atoms. The minimum absolute atomic E-state index is 0.00921. The highest BCUT2D eigenvalue weighted by Gasteiger charge is 2.25. The molecule has 0 fully saturated rings. The van der Waals surface area contributed by atoms with Crippen molar-refractivity contribution in [2.75, 3.05) is 6.61 Å². The summed E-state index contributed by atoms with van der Waals surface area (Å²) >= 11 is 3.99. The molecule has 0 saturated heterocycles. The Morgan fingerprint density at radius 3 is 2.62 bits per heavy atom. The Hall–Kier alpha value is -1.34. The molecule has 1 aromatic heterocycles. The molecule has 6 nitrogen and oxygen atoms in total. The average molecular weight is 314 g/mol. The second-order valence-corrected chi connectivity index (χ2v) is 5.06. The van der Waals surface area contributed by atoms with Crippen LogP contribution in [0.3, 0.4) is 0 Å². The van der Waals surface area contributed by atoms with Gasteiger partial charge in [-0.1, -0.05) is 26.7 Å². The van der Waals surface area contributed by atoms with Crippen LogP contribution in [0.2, 0.25) is 0 Å². The van der Waals surface area contributed by atoms with E-state index in [9.17, 15) is 9.90 Å². The highest BCUT2D eigenvalue weighted by atomic mass is 32.1. The van der Waals surface area contributed by atoms with Crippen LogP contribution in [0.25, 0.3) is 0 Å². The zero-order chi connectivity index (χ0) is 15.8. The Labute approximate surface area is 130 Å². The fourth-order valence-electron chi connectivity index (χ4n) is 1.87. The number of carbonyl (C=O) groups is 1. The predicted molar refractivity (Wildman–Crippen MR) is 80.8 cm³/mol. The highest BCUT2D eigenvalue weighted by molar-refractivity contribution is 7.80. The van der Waals surface area contributed by atoms with E-state index in [-0.39, 0.29) is 16.9 Å². The first-order chi connectivity index (χ1) is 9.99. The zero-order valence-corrected chi connectivity index (χ0v) is 13.5. The van der Waals surface area contributed by atoms with Gasteiger partial charge in [0.25, 0.3) is 0 Å². The minimum atomic E-state index is -0.522. The fourth-order valence-corrected chi connectivity index (χ4v) is 2.05. The van der Waals surface area contributed by atoms with E-state index in [2.05, 4.69) is 29.5 Å². The van der Waals surface area contributed by atoms with Crippen LogP contribution in [-0.2, 0) is 9.53 Å². The van der Waals surface area contributed by atoms with Crippen molar-refractivity contribution in [2.45, 2.75) is 57.7 Å². The topological polar surface area (TPSA) is 81.5 Å². The van der Waals surface area contributed by atoms with Crippen molar-refractivity contribution in [3.63, 3.8) is 0 Å². The van der Waals surface area contributed by atoms with Crippen molar-refractivity contribution in [1.29, 1.82) is 0 Å². The number of aromatic hydroxyl groups is 1. The summed E-state index contributed by atoms with van der Waals surface area (Å²) in [5.74, 6) is -0.776. The third-order valence-electron chi connectivity index (χ3n) is 2.81. The Balaban J connectivity index is 3.11. The fraction of sp³-hybridized carbons (Fsp3) is 0.643. The van der Waals surface area contributed by atoms with Gasteiger partial charge in [0, 0.05) is 13.5 Å². The van der Waals surface area contributed by atoms with Crippen molar-refractivity contribution >= 4 is 18.6 Å². The first-order valence-electron chi connectivity index (χ1n) is 7.09. The molecule has 1 unspecified atom stereocenters. The van der Waals surface area contributed by atoms with E-state index < -0.39 is 12.1 Å². The SMILES string of the molecule is CCCCOC(CCC)c1c(O)nc(S)nc1OC(C)=O. The van der Waals surface area contributed by atoms with Crippen molar-refractivity contribution in [2.24, 2.45) is 0 Å². The highest BCUT2D eigenvalue weighted by Crippen LogP contribution is 2.36. The third kappa shape index (κ3) is 5.51. The smallest absolute Gasteiger partial charge is 0.309 e. The number of ether oxygens (including phenoxy) is 2. The largest absolute Gasteiger partial charge is 0.493 e. The molecule has 21 heavy (non-hydrogen) atoms. The van der Waals surface area contributed by atoms with Gasteiger partial charge >= 0.3 is 5.97 Å². The summed E-state index contributed by atoms with van der Waals surface area (Å²) < 4.78 is 10.9. The van der Waals surface area contributed by atoms with Crippen LogP contribution in [0.4, 0.5) is 0 Å². The van der Waals surface area contributed by atoms with E-state index in [0.29, 0.717) is 18.6 Å². The van der Waals surface area contributed by atoms with Gasteiger partial charge in [0.15, 0.2) is 5.16 Å². The number of carbonyl (C=O) groups excluding carboxylic acids is 1. The molecular formula is C14H22N2O4S. The maximum Gasteiger partial charge on any atom is 0.309 e. The number of nitrogens with zero attached hydrogens (tertiary/aromatic N) is 2. The number of thiol groups is 1. The normalized spacial score (nSPS) is 12.2. The van der Waals surface area contributed by atoms with Gasteiger partial charge in [0.2, 0.25) is 11.8 Å². The summed E-state index contributed by atoms with van der Waals surface area (Å²) in [6, 6.07) is 0. The molecule has 1 atom stereocenters. The van der Waals surface area contributed by atoms with E-state index in [4.69, 9.17) is 9.47 Å². The van der Waals surface area contributed by atoms with Crippen LogP contribution in [0.1, 0.15) is 58.1 Å². The predicted octanol–water partition coefficient (Wildman–Crippen LogP) is 3.05. The molecular weight excluding hydrogens is 292 g/mol. The number of rotatable bonds is 8. The lowest BCUT2D eigenvalue weighted by atomic mass is 10.1. The van der Waals surface area contributed by atoms with Gasteiger partial charge < -0.3 is 14.6 Å². The van der Waals surface area contributed by atoms with Crippen molar-refractivity contribution in [3.8, 4) is 11.8 Å². The van der Waals surface area contributed by atoms with E-state index in [1.807, 2.05) is 6.92 Å². The molecule has 0 saturated carbocycles. The first-order valence-corrected chi connectivity index (χ1v) is 7.54. The zero-order valence-electron chi connectivity index (χ0n) is 12.6. The van der Waals surface area contributed by atoms with Crippen LogP contribution < -0.4 is 4.74 Å². The number of esters is 1. The molecule has 0 aliphatic heterocycles. The molecule has 7 heteroatoms. The quantitative estimate of drug-likeness (QED) is 0.332. The van der Waals surface area contributed by atoms with Gasteiger partial charge in [-0.3, -0.25) is 4.79 Å². The molecule has 0 aliphatic carbocycles. The van der Waals surface area contributed by atoms with E-state index >= 15 is 0 Å². The van der Waals surface area contributed by atoms with Gasteiger partial charge in [0.05, 0.1) is 6.10 Å². The summed E-state index contributed by atoms with van der Waals surface area (Å²) in [5, 5.41) is 10.1. The number of unbranched alkanes of at least 4 members (excludes halogenated alkanes) is 1. The average Bonchev–Trinajstić information content (AvgIpc) is 2.37. The Bertz CT molecular complexity index is 482. The minimum Gasteiger partial charge on any atom is -0.493 e.